The third-order valence-electron chi connectivity index (χ3n) is 1.99. The van der Waals surface area contributed by atoms with Gasteiger partial charge < -0.3 is 10.1 Å². The van der Waals surface area contributed by atoms with E-state index >= 15 is 0 Å². The molecule has 0 bridgehead atoms. The van der Waals surface area contributed by atoms with Gasteiger partial charge in [-0.05, 0) is 23.9 Å². The molecule has 2 rings (SSSR count). The first-order valence-corrected chi connectivity index (χ1v) is 5.09. The van der Waals surface area contributed by atoms with Gasteiger partial charge in [0, 0.05) is 18.0 Å². The minimum Gasteiger partial charge on any atom is -0.370 e. The van der Waals surface area contributed by atoms with E-state index in [1.165, 1.54) is 10.4 Å². The van der Waals surface area contributed by atoms with Crippen LogP contribution >= 0.6 is 23.7 Å². The van der Waals surface area contributed by atoms with E-state index in [0.717, 1.165) is 19.7 Å². The smallest absolute Gasteiger partial charge is 0.0828 e. The maximum absolute atomic E-state index is 5.63. The molecule has 0 saturated carbocycles. The van der Waals surface area contributed by atoms with Crippen LogP contribution in [0.15, 0.2) is 11.4 Å². The molecule has 0 amide bonds. The first-order valence-electron chi connectivity index (χ1n) is 4.21. The zero-order valence-corrected chi connectivity index (χ0v) is 9.21. The van der Waals surface area contributed by atoms with Gasteiger partial charge in [0.2, 0.25) is 0 Å². The van der Waals surface area contributed by atoms with Crippen LogP contribution in [0.4, 0.5) is 0 Å². The molecule has 2 nitrogen and oxygen atoms in total. The van der Waals surface area contributed by atoms with E-state index in [-0.39, 0.29) is 12.4 Å². The van der Waals surface area contributed by atoms with Crippen LogP contribution in [0.3, 0.4) is 0 Å². The lowest BCUT2D eigenvalue weighted by atomic mass is 10.2. The van der Waals surface area contributed by atoms with Crippen molar-refractivity contribution in [3.63, 3.8) is 0 Å². The highest BCUT2D eigenvalue weighted by Crippen LogP contribution is 2.15. The third-order valence-corrected chi connectivity index (χ3v) is 3.02. The van der Waals surface area contributed by atoms with Crippen LogP contribution in [0, 0.1) is 6.92 Å². The third kappa shape index (κ3) is 2.95. The van der Waals surface area contributed by atoms with Crippen LogP contribution < -0.4 is 5.32 Å². The highest BCUT2D eigenvalue weighted by Gasteiger charge is 2.16. The van der Waals surface area contributed by atoms with Gasteiger partial charge in [0.25, 0.3) is 0 Å². The molecule has 1 saturated heterocycles. The molecule has 0 radical (unpaired) electrons. The van der Waals surface area contributed by atoms with Crippen molar-refractivity contribution in [1.82, 2.24) is 5.32 Å². The van der Waals surface area contributed by atoms with Gasteiger partial charge >= 0.3 is 0 Å². The van der Waals surface area contributed by atoms with Crippen molar-refractivity contribution in [2.75, 3.05) is 13.1 Å². The fourth-order valence-electron chi connectivity index (χ4n) is 1.15. The summed E-state index contributed by atoms with van der Waals surface area (Å²) in [5, 5.41) is 5.35. The van der Waals surface area contributed by atoms with Crippen LogP contribution in [-0.2, 0) is 11.3 Å². The Balaban J connectivity index is 0.000000845. The average Bonchev–Trinajstić information content (AvgIpc) is 2.32. The summed E-state index contributed by atoms with van der Waals surface area (Å²) in [6.07, 6.45) is 0.451. The fraction of sp³-hybridized carbons (Fsp3) is 0.556. The molecule has 4 heteroatoms. The van der Waals surface area contributed by atoms with Crippen LogP contribution in [0.2, 0.25) is 0 Å². The maximum Gasteiger partial charge on any atom is 0.0828 e. The molecule has 0 aliphatic carbocycles. The van der Waals surface area contributed by atoms with Crippen LogP contribution in [0.25, 0.3) is 0 Å². The summed E-state index contributed by atoms with van der Waals surface area (Å²) < 4.78 is 5.63. The van der Waals surface area contributed by atoms with Crippen molar-refractivity contribution in [3.05, 3.63) is 21.9 Å². The lowest BCUT2D eigenvalue weighted by Crippen LogP contribution is -2.48. The normalized spacial score (nSPS) is 16.4. The monoisotopic (exact) mass is 219 g/mol. The topological polar surface area (TPSA) is 21.3 Å². The maximum atomic E-state index is 5.63. The van der Waals surface area contributed by atoms with Crippen molar-refractivity contribution >= 4 is 23.7 Å². The van der Waals surface area contributed by atoms with Gasteiger partial charge in [-0.1, -0.05) is 0 Å². The Labute approximate surface area is 88.7 Å². The second-order valence-electron chi connectivity index (χ2n) is 3.18. The Bertz CT molecular complexity index is 260. The molecule has 1 fully saturated rings. The molecule has 0 atom stereocenters. The highest BCUT2D eigenvalue weighted by atomic mass is 35.5. The molecule has 13 heavy (non-hydrogen) atoms. The second kappa shape index (κ2) is 4.96. The molecule has 0 unspecified atom stereocenters. The van der Waals surface area contributed by atoms with Crippen molar-refractivity contribution in [2.24, 2.45) is 0 Å². The van der Waals surface area contributed by atoms with Crippen LogP contribution in [0.1, 0.15) is 10.4 Å². The van der Waals surface area contributed by atoms with E-state index in [1.807, 2.05) is 0 Å². The predicted octanol–water partition coefficient (Wildman–Crippen LogP) is 1.97. The van der Waals surface area contributed by atoms with Crippen molar-refractivity contribution in [3.8, 4) is 0 Å². The number of aryl methyl sites for hydroxylation is 1. The first kappa shape index (κ1) is 11.0. The Hall–Kier alpha value is -0.0900. The van der Waals surface area contributed by atoms with Crippen molar-refractivity contribution in [2.45, 2.75) is 19.6 Å². The van der Waals surface area contributed by atoms with Gasteiger partial charge in [-0.15, -0.1) is 23.7 Å². The van der Waals surface area contributed by atoms with Crippen LogP contribution in [0.5, 0.6) is 0 Å². The van der Waals surface area contributed by atoms with Gasteiger partial charge in [0.1, 0.15) is 0 Å². The van der Waals surface area contributed by atoms with E-state index in [4.69, 9.17) is 4.74 Å². The molecular formula is C9H14ClNOS. The van der Waals surface area contributed by atoms with E-state index in [2.05, 4.69) is 23.7 Å². The lowest BCUT2D eigenvalue weighted by Gasteiger charge is -2.26. The fourth-order valence-corrected chi connectivity index (χ4v) is 1.94. The molecule has 1 N–H and O–H groups in total. The quantitative estimate of drug-likeness (QED) is 0.840. The zero-order chi connectivity index (χ0) is 8.39. The number of halogens is 1. The minimum atomic E-state index is 0. The summed E-state index contributed by atoms with van der Waals surface area (Å²) >= 11 is 1.78. The minimum absolute atomic E-state index is 0. The predicted molar refractivity (Wildman–Crippen MR) is 57.8 cm³/mol. The van der Waals surface area contributed by atoms with Crippen molar-refractivity contribution < 1.29 is 4.74 Å². The summed E-state index contributed by atoms with van der Waals surface area (Å²) in [5.41, 5.74) is 1.34. The molecule has 1 aromatic heterocycles. The zero-order valence-electron chi connectivity index (χ0n) is 7.58. The molecule has 74 valence electrons. The number of hydrogen-bond acceptors (Lipinski definition) is 3. The highest BCUT2D eigenvalue weighted by molar-refractivity contribution is 7.10. The summed E-state index contributed by atoms with van der Waals surface area (Å²) in [4.78, 5) is 1.33. The van der Waals surface area contributed by atoms with E-state index in [9.17, 15) is 0 Å². The average molecular weight is 220 g/mol. The molecule has 1 aromatic rings. The largest absolute Gasteiger partial charge is 0.370 e. The molecule has 0 aromatic carbocycles. The van der Waals surface area contributed by atoms with E-state index in [1.54, 1.807) is 11.3 Å². The van der Waals surface area contributed by atoms with Crippen molar-refractivity contribution in [1.29, 1.82) is 0 Å². The summed E-state index contributed by atoms with van der Waals surface area (Å²) in [7, 11) is 0. The Morgan fingerprint density at radius 2 is 2.38 bits per heavy atom. The second-order valence-corrected chi connectivity index (χ2v) is 4.18. The molecule has 2 heterocycles. The van der Waals surface area contributed by atoms with Gasteiger partial charge in [-0.2, -0.15) is 0 Å². The van der Waals surface area contributed by atoms with Gasteiger partial charge in [-0.3, -0.25) is 0 Å². The Morgan fingerprint density at radius 1 is 1.62 bits per heavy atom. The number of hydrogen-bond donors (Lipinski definition) is 1. The Kier molecular flexibility index (Phi) is 4.19. The van der Waals surface area contributed by atoms with Gasteiger partial charge in [0.05, 0.1) is 12.7 Å². The lowest BCUT2D eigenvalue weighted by molar-refractivity contribution is 0.00887. The molecule has 1 aliphatic rings. The van der Waals surface area contributed by atoms with Gasteiger partial charge in [-0.25, -0.2) is 0 Å². The molecule has 1 aliphatic heterocycles. The number of nitrogens with one attached hydrogen (secondary N) is 1. The summed E-state index contributed by atoms with van der Waals surface area (Å²) in [6.45, 7) is 4.93. The molecular weight excluding hydrogens is 206 g/mol. The van der Waals surface area contributed by atoms with E-state index < -0.39 is 0 Å². The standard InChI is InChI=1S/C9H13NOS.ClH/c1-7-2-9(12-6-7)5-11-8-3-10-4-8;/h2,6,8,10H,3-5H2,1H3;1H. The number of rotatable bonds is 3. The van der Waals surface area contributed by atoms with Crippen LogP contribution in [-0.4, -0.2) is 19.2 Å². The van der Waals surface area contributed by atoms with E-state index in [0.29, 0.717) is 6.10 Å². The SMILES string of the molecule is Cc1csc(COC2CNC2)c1.Cl. The molecule has 0 spiro atoms. The Morgan fingerprint density at radius 3 is 2.85 bits per heavy atom. The summed E-state index contributed by atoms with van der Waals surface area (Å²) in [5.74, 6) is 0. The first-order chi connectivity index (χ1) is 5.84. The number of thiophene rings is 1. The summed E-state index contributed by atoms with van der Waals surface area (Å²) in [6, 6.07) is 2.19. The van der Waals surface area contributed by atoms with Gasteiger partial charge in [0.15, 0.2) is 0 Å². The number of ether oxygens (including phenoxy) is 1.